The van der Waals surface area contributed by atoms with Gasteiger partial charge in [0.2, 0.25) is 0 Å². The van der Waals surface area contributed by atoms with Crippen molar-refractivity contribution in [3.05, 3.63) is 45.1 Å². The number of nitrogens with one attached hydrogen (secondary N) is 1. The summed E-state index contributed by atoms with van der Waals surface area (Å²) >= 11 is 5.04. The van der Waals surface area contributed by atoms with E-state index < -0.39 is 0 Å². The van der Waals surface area contributed by atoms with Crippen LogP contribution in [0.2, 0.25) is 0 Å². The number of hydrogen-bond donors (Lipinski definition) is 1. The average Bonchev–Trinajstić information content (AvgIpc) is 3.33. The highest BCUT2D eigenvalue weighted by Gasteiger charge is 2.19. The minimum Gasteiger partial charge on any atom is -0.345 e. The molecule has 0 unspecified atom stereocenters. The van der Waals surface area contributed by atoms with Crippen LogP contribution in [0.5, 0.6) is 0 Å². The first kappa shape index (κ1) is 20.9. The molecule has 1 saturated heterocycles. The predicted molar refractivity (Wildman–Crippen MR) is 133 cm³/mol. The van der Waals surface area contributed by atoms with Crippen molar-refractivity contribution in [3.8, 4) is 0 Å². The Labute approximate surface area is 193 Å². The van der Waals surface area contributed by atoms with Gasteiger partial charge in [0.05, 0.1) is 15.6 Å². The molecule has 0 atom stereocenters. The monoisotopic (exact) mass is 471 g/mol. The Balaban J connectivity index is 1.10. The van der Waals surface area contributed by atoms with Gasteiger partial charge in [0, 0.05) is 36.8 Å². The topological polar surface area (TPSA) is 65.1 Å². The Morgan fingerprint density at radius 2 is 1.90 bits per heavy atom. The van der Waals surface area contributed by atoms with E-state index in [0.29, 0.717) is 0 Å². The number of anilines is 1. The standard InChI is InChI=1S/C22H25N5OS3/c1-14-15(2)30-20-18(14)19(28)24-21(25-20)29-13-5-8-26-9-11-27(12-10-26)22-23-16-6-3-4-7-17(16)31-22/h3-4,6-7H,5,8-13H2,1-2H3,(H,24,25,28). The maximum absolute atomic E-state index is 12.4. The number of fused-ring (bicyclic) bond motifs is 2. The number of para-hydroxylation sites is 1. The molecular weight excluding hydrogens is 446 g/mol. The second kappa shape index (κ2) is 8.90. The summed E-state index contributed by atoms with van der Waals surface area (Å²) in [5.41, 5.74) is 2.13. The van der Waals surface area contributed by atoms with E-state index in [0.717, 1.165) is 76.5 Å². The van der Waals surface area contributed by atoms with Crippen LogP contribution in [0.4, 0.5) is 5.13 Å². The maximum Gasteiger partial charge on any atom is 0.260 e. The summed E-state index contributed by atoms with van der Waals surface area (Å²) in [7, 11) is 0. The number of piperazine rings is 1. The molecule has 1 N–H and O–H groups in total. The maximum atomic E-state index is 12.4. The molecular formula is C22H25N5OS3. The first-order valence-corrected chi connectivity index (χ1v) is 13.2. The molecule has 0 bridgehead atoms. The summed E-state index contributed by atoms with van der Waals surface area (Å²) < 4.78 is 1.26. The normalized spacial score (nSPS) is 15.4. The van der Waals surface area contributed by atoms with Crippen LogP contribution in [0.15, 0.2) is 34.2 Å². The molecule has 4 aromatic rings. The van der Waals surface area contributed by atoms with Crippen LogP contribution in [0.3, 0.4) is 0 Å². The molecule has 1 aliphatic rings. The Morgan fingerprint density at radius 1 is 1.10 bits per heavy atom. The van der Waals surface area contributed by atoms with E-state index in [1.54, 1.807) is 34.4 Å². The predicted octanol–water partition coefficient (Wildman–Crippen LogP) is 4.52. The van der Waals surface area contributed by atoms with Crippen molar-refractivity contribution in [1.29, 1.82) is 0 Å². The van der Waals surface area contributed by atoms with E-state index in [1.807, 2.05) is 19.9 Å². The van der Waals surface area contributed by atoms with E-state index in [4.69, 9.17) is 4.98 Å². The van der Waals surface area contributed by atoms with Gasteiger partial charge >= 0.3 is 0 Å². The molecule has 1 aromatic carbocycles. The fourth-order valence-corrected chi connectivity index (χ4v) is 6.81. The van der Waals surface area contributed by atoms with Gasteiger partial charge in [-0.3, -0.25) is 9.69 Å². The molecule has 31 heavy (non-hydrogen) atoms. The molecule has 1 aliphatic heterocycles. The molecule has 4 heterocycles. The van der Waals surface area contributed by atoms with Crippen molar-refractivity contribution in [1.82, 2.24) is 19.9 Å². The first-order valence-electron chi connectivity index (χ1n) is 10.5. The van der Waals surface area contributed by atoms with Crippen molar-refractivity contribution in [2.24, 2.45) is 0 Å². The van der Waals surface area contributed by atoms with Crippen molar-refractivity contribution in [3.63, 3.8) is 0 Å². The molecule has 0 saturated carbocycles. The summed E-state index contributed by atoms with van der Waals surface area (Å²) in [6, 6.07) is 8.36. The molecule has 0 aliphatic carbocycles. The zero-order valence-electron chi connectivity index (χ0n) is 17.7. The number of aryl methyl sites for hydroxylation is 2. The summed E-state index contributed by atoms with van der Waals surface area (Å²) in [6.07, 6.45) is 1.08. The van der Waals surface area contributed by atoms with Gasteiger partial charge in [-0.05, 0) is 44.5 Å². The molecule has 6 nitrogen and oxygen atoms in total. The third-order valence-corrected chi connectivity index (χ3v) is 8.96. The number of thiazole rings is 1. The number of thiophene rings is 1. The minimum absolute atomic E-state index is 0.0136. The fraction of sp³-hybridized carbons (Fsp3) is 0.409. The third kappa shape index (κ3) is 4.37. The molecule has 0 spiro atoms. The number of hydrogen-bond acceptors (Lipinski definition) is 8. The van der Waals surface area contributed by atoms with Gasteiger partial charge in [0.1, 0.15) is 4.83 Å². The van der Waals surface area contributed by atoms with E-state index in [9.17, 15) is 4.79 Å². The molecule has 9 heteroatoms. The van der Waals surface area contributed by atoms with Crippen LogP contribution < -0.4 is 10.5 Å². The Bertz CT molecular complexity index is 1240. The lowest BCUT2D eigenvalue weighted by atomic mass is 10.2. The highest BCUT2D eigenvalue weighted by molar-refractivity contribution is 7.99. The zero-order valence-corrected chi connectivity index (χ0v) is 20.1. The van der Waals surface area contributed by atoms with Gasteiger partial charge in [-0.25, -0.2) is 9.97 Å². The Hall–Kier alpha value is -1.94. The van der Waals surface area contributed by atoms with Gasteiger partial charge in [0.15, 0.2) is 10.3 Å². The van der Waals surface area contributed by atoms with Gasteiger partial charge < -0.3 is 9.88 Å². The Morgan fingerprint density at radius 3 is 2.71 bits per heavy atom. The van der Waals surface area contributed by atoms with Crippen molar-refractivity contribution in [2.45, 2.75) is 25.4 Å². The summed E-state index contributed by atoms with van der Waals surface area (Å²) in [5, 5.41) is 2.62. The molecule has 3 aromatic heterocycles. The highest BCUT2D eigenvalue weighted by atomic mass is 32.2. The number of nitrogens with zero attached hydrogens (tertiary/aromatic N) is 4. The van der Waals surface area contributed by atoms with E-state index in [-0.39, 0.29) is 5.56 Å². The van der Waals surface area contributed by atoms with Crippen LogP contribution >= 0.6 is 34.4 Å². The SMILES string of the molecule is Cc1sc2nc(SCCCN3CCN(c4nc5ccccc5s4)CC3)[nH]c(=O)c2c1C. The number of aromatic amines is 1. The second-order valence-corrected chi connectivity index (χ2v) is 11.1. The molecule has 0 amide bonds. The lowest BCUT2D eigenvalue weighted by Crippen LogP contribution is -2.46. The average molecular weight is 472 g/mol. The summed E-state index contributed by atoms with van der Waals surface area (Å²) in [4.78, 5) is 31.8. The lowest BCUT2D eigenvalue weighted by Gasteiger charge is -2.34. The smallest absolute Gasteiger partial charge is 0.260 e. The Kier molecular flexibility index (Phi) is 6.01. The van der Waals surface area contributed by atoms with Gasteiger partial charge in [0.25, 0.3) is 5.56 Å². The number of benzene rings is 1. The number of thioether (sulfide) groups is 1. The molecule has 5 rings (SSSR count). The fourth-order valence-electron chi connectivity index (χ4n) is 3.92. The van der Waals surface area contributed by atoms with Crippen LogP contribution in [-0.4, -0.2) is 58.3 Å². The van der Waals surface area contributed by atoms with Gasteiger partial charge in [-0.15, -0.1) is 11.3 Å². The van der Waals surface area contributed by atoms with Crippen molar-refractivity contribution < 1.29 is 0 Å². The van der Waals surface area contributed by atoms with Crippen LogP contribution in [-0.2, 0) is 0 Å². The van der Waals surface area contributed by atoms with E-state index >= 15 is 0 Å². The minimum atomic E-state index is -0.0136. The third-order valence-electron chi connectivity index (χ3n) is 5.80. The second-order valence-electron chi connectivity index (χ2n) is 7.83. The van der Waals surface area contributed by atoms with Gasteiger partial charge in [-0.2, -0.15) is 0 Å². The number of rotatable bonds is 6. The summed E-state index contributed by atoms with van der Waals surface area (Å²) in [5.74, 6) is 0.954. The number of aromatic nitrogens is 3. The van der Waals surface area contributed by atoms with Crippen molar-refractivity contribution in [2.75, 3.05) is 43.4 Å². The van der Waals surface area contributed by atoms with Crippen molar-refractivity contribution >= 4 is 60.0 Å². The van der Waals surface area contributed by atoms with E-state index in [1.165, 1.54) is 9.58 Å². The molecule has 1 fully saturated rings. The lowest BCUT2D eigenvalue weighted by molar-refractivity contribution is 0.259. The molecule has 162 valence electrons. The number of H-pyrrole nitrogens is 1. The zero-order chi connectivity index (χ0) is 21.4. The largest absolute Gasteiger partial charge is 0.345 e. The highest BCUT2D eigenvalue weighted by Crippen LogP contribution is 2.29. The van der Waals surface area contributed by atoms with Crippen LogP contribution in [0.1, 0.15) is 16.9 Å². The molecule has 0 radical (unpaired) electrons. The van der Waals surface area contributed by atoms with Gasteiger partial charge in [-0.1, -0.05) is 35.2 Å². The van der Waals surface area contributed by atoms with Crippen LogP contribution in [0.25, 0.3) is 20.4 Å². The first-order chi connectivity index (χ1) is 15.1. The quantitative estimate of drug-likeness (QED) is 0.253. The summed E-state index contributed by atoms with van der Waals surface area (Å²) in [6.45, 7) is 9.29. The van der Waals surface area contributed by atoms with Crippen LogP contribution in [0, 0.1) is 13.8 Å². The van der Waals surface area contributed by atoms with E-state index in [2.05, 4.69) is 38.0 Å².